The zero-order chi connectivity index (χ0) is 23.0. The van der Waals surface area contributed by atoms with Crippen LogP contribution in [0.1, 0.15) is 49.9 Å². The number of carbonyl (C=O) groups is 1. The number of fused-ring (bicyclic) bond motifs is 2. The molecular formula is C25H31BrN2O4. The maximum atomic E-state index is 12.8. The summed E-state index contributed by atoms with van der Waals surface area (Å²) in [5.74, 6) is 1.17. The molecule has 172 valence electrons. The first-order valence-electron chi connectivity index (χ1n) is 11.1. The molecule has 7 heteroatoms. The Kier molecular flexibility index (Phi) is 6.50. The number of halogens is 1. The van der Waals surface area contributed by atoms with Crippen molar-refractivity contribution in [3.05, 3.63) is 57.8 Å². The first kappa shape index (κ1) is 23.1. The minimum absolute atomic E-state index is 0.0297. The highest BCUT2D eigenvalue weighted by molar-refractivity contribution is 9.10. The molecule has 0 N–H and O–H groups in total. The SMILES string of the molecule is CCn1cc(Br)c(C(=O)OC[C@]23CO[C@@H](c4ccc(OC)cc4)[C@@H](C(C)=C[C@@H]2C)[C@H]3C)n1. The van der Waals surface area contributed by atoms with E-state index < -0.39 is 5.97 Å². The summed E-state index contributed by atoms with van der Waals surface area (Å²) in [7, 11) is 1.67. The quantitative estimate of drug-likeness (QED) is 0.388. The van der Waals surface area contributed by atoms with Gasteiger partial charge in [-0.1, -0.05) is 37.6 Å². The van der Waals surface area contributed by atoms with Crippen molar-refractivity contribution >= 4 is 21.9 Å². The highest BCUT2D eigenvalue weighted by Gasteiger charge is 2.54. The normalized spacial score (nSPS) is 29.4. The van der Waals surface area contributed by atoms with E-state index in [4.69, 9.17) is 14.2 Å². The number of aryl methyl sites for hydroxylation is 1. The summed E-state index contributed by atoms with van der Waals surface area (Å²) in [6, 6.07) is 8.11. The average Bonchev–Trinajstić information content (AvgIpc) is 3.17. The van der Waals surface area contributed by atoms with Crippen molar-refractivity contribution in [2.24, 2.45) is 23.2 Å². The fourth-order valence-electron chi connectivity index (χ4n) is 5.32. The van der Waals surface area contributed by atoms with E-state index in [0.29, 0.717) is 29.9 Å². The number of methoxy groups -OCH3 is 1. The number of ether oxygens (including phenoxy) is 3. The van der Waals surface area contributed by atoms with Gasteiger partial charge < -0.3 is 14.2 Å². The molecule has 1 aromatic carbocycles. The minimum Gasteiger partial charge on any atom is -0.497 e. The Labute approximate surface area is 198 Å². The lowest BCUT2D eigenvalue weighted by atomic mass is 9.56. The molecule has 1 fully saturated rings. The molecule has 2 aliphatic rings. The van der Waals surface area contributed by atoms with Gasteiger partial charge in [0.1, 0.15) is 12.4 Å². The summed E-state index contributed by atoms with van der Waals surface area (Å²) < 4.78 is 20.0. The summed E-state index contributed by atoms with van der Waals surface area (Å²) >= 11 is 3.42. The third-order valence-electron chi connectivity index (χ3n) is 7.40. The van der Waals surface area contributed by atoms with Crippen LogP contribution in [0, 0.1) is 23.2 Å². The Morgan fingerprint density at radius 3 is 2.66 bits per heavy atom. The van der Waals surface area contributed by atoms with Crippen LogP contribution < -0.4 is 4.74 Å². The fraction of sp³-hybridized carbons (Fsp3) is 0.520. The molecule has 2 heterocycles. The van der Waals surface area contributed by atoms with Crippen LogP contribution in [0.4, 0.5) is 0 Å². The van der Waals surface area contributed by atoms with E-state index in [1.54, 1.807) is 18.0 Å². The molecule has 5 atom stereocenters. The molecule has 0 amide bonds. The molecule has 1 aliphatic heterocycles. The van der Waals surface area contributed by atoms with Gasteiger partial charge in [-0.15, -0.1) is 0 Å². The number of allylic oxidation sites excluding steroid dienone is 1. The van der Waals surface area contributed by atoms with Crippen LogP contribution in [0.25, 0.3) is 0 Å². The Morgan fingerprint density at radius 1 is 1.31 bits per heavy atom. The predicted molar refractivity (Wildman–Crippen MR) is 126 cm³/mol. The maximum Gasteiger partial charge on any atom is 0.360 e. The number of benzene rings is 1. The van der Waals surface area contributed by atoms with Crippen LogP contribution in [0.2, 0.25) is 0 Å². The molecule has 1 aliphatic carbocycles. The van der Waals surface area contributed by atoms with Gasteiger partial charge in [0.25, 0.3) is 0 Å². The number of rotatable bonds is 6. The van der Waals surface area contributed by atoms with Crippen LogP contribution in [-0.4, -0.2) is 36.1 Å². The lowest BCUT2D eigenvalue weighted by Crippen LogP contribution is -2.54. The van der Waals surface area contributed by atoms with Gasteiger partial charge in [-0.25, -0.2) is 4.79 Å². The second kappa shape index (κ2) is 9.02. The smallest absolute Gasteiger partial charge is 0.360 e. The van der Waals surface area contributed by atoms with Gasteiger partial charge in [-0.3, -0.25) is 4.68 Å². The van der Waals surface area contributed by atoms with E-state index in [-0.39, 0.29) is 29.3 Å². The van der Waals surface area contributed by atoms with Crippen molar-refractivity contribution in [3.8, 4) is 5.75 Å². The summed E-state index contributed by atoms with van der Waals surface area (Å²) in [4.78, 5) is 12.8. The van der Waals surface area contributed by atoms with Crippen molar-refractivity contribution in [1.29, 1.82) is 0 Å². The average molecular weight is 503 g/mol. The topological polar surface area (TPSA) is 62.6 Å². The van der Waals surface area contributed by atoms with Crippen LogP contribution in [0.5, 0.6) is 5.75 Å². The molecular weight excluding hydrogens is 472 g/mol. The van der Waals surface area contributed by atoms with Crippen molar-refractivity contribution in [2.75, 3.05) is 20.3 Å². The Hall–Kier alpha value is -2.12. The molecule has 0 saturated carbocycles. The molecule has 1 aromatic heterocycles. The zero-order valence-corrected chi connectivity index (χ0v) is 20.9. The van der Waals surface area contributed by atoms with Gasteiger partial charge in [-0.05, 0) is 59.3 Å². The lowest BCUT2D eigenvalue weighted by molar-refractivity contribution is -0.166. The molecule has 0 spiro atoms. The van der Waals surface area contributed by atoms with Crippen LogP contribution >= 0.6 is 15.9 Å². The van der Waals surface area contributed by atoms with E-state index in [1.165, 1.54) is 5.57 Å². The minimum atomic E-state index is -0.405. The molecule has 0 radical (unpaired) electrons. The molecule has 2 aromatic rings. The maximum absolute atomic E-state index is 12.8. The largest absolute Gasteiger partial charge is 0.497 e. The first-order chi connectivity index (χ1) is 15.3. The number of hydrogen-bond acceptors (Lipinski definition) is 5. The van der Waals surface area contributed by atoms with Gasteiger partial charge in [-0.2, -0.15) is 5.10 Å². The Balaban J connectivity index is 1.56. The molecule has 1 saturated heterocycles. The van der Waals surface area contributed by atoms with E-state index in [0.717, 1.165) is 11.3 Å². The van der Waals surface area contributed by atoms with Crippen molar-refractivity contribution in [1.82, 2.24) is 9.78 Å². The summed E-state index contributed by atoms with van der Waals surface area (Å²) in [5, 5.41) is 4.33. The van der Waals surface area contributed by atoms with Gasteiger partial charge >= 0.3 is 5.97 Å². The molecule has 4 rings (SSSR count). The zero-order valence-electron chi connectivity index (χ0n) is 19.3. The number of esters is 1. The molecule has 0 unspecified atom stereocenters. The van der Waals surface area contributed by atoms with Crippen molar-refractivity contribution < 1.29 is 19.0 Å². The second-order valence-electron chi connectivity index (χ2n) is 9.01. The van der Waals surface area contributed by atoms with Gasteiger partial charge in [0.2, 0.25) is 0 Å². The van der Waals surface area contributed by atoms with Crippen molar-refractivity contribution in [3.63, 3.8) is 0 Å². The third-order valence-corrected chi connectivity index (χ3v) is 7.98. The van der Waals surface area contributed by atoms with Gasteiger partial charge in [0.15, 0.2) is 5.69 Å². The summed E-state index contributed by atoms with van der Waals surface area (Å²) in [6.45, 7) is 10.2. The highest BCUT2D eigenvalue weighted by atomic mass is 79.9. The molecule has 6 nitrogen and oxygen atoms in total. The number of carbonyl (C=O) groups excluding carboxylic acids is 1. The Morgan fingerprint density at radius 2 is 2.03 bits per heavy atom. The van der Waals surface area contributed by atoms with Crippen LogP contribution in [-0.2, 0) is 16.0 Å². The predicted octanol–water partition coefficient (Wildman–Crippen LogP) is 5.44. The van der Waals surface area contributed by atoms with Crippen molar-refractivity contribution in [2.45, 2.75) is 40.3 Å². The number of aromatic nitrogens is 2. The monoisotopic (exact) mass is 502 g/mol. The molecule has 2 bridgehead atoms. The van der Waals surface area contributed by atoms with E-state index in [9.17, 15) is 4.79 Å². The van der Waals surface area contributed by atoms with E-state index in [1.807, 2.05) is 19.1 Å². The van der Waals surface area contributed by atoms with Gasteiger partial charge in [0.05, 0.1) is 24.3 Å². The Bertz CT molecular complexity index is 1020. The summed E-state index contributed by atoms with van der Waals surface area (Å²) in [6.07, 6.45) is 4.10. The first-order valence-corrected chi connectivity index (χ1v) is 11.9. The van der Waals surface area contributed by atoms with Gasteiger partial charge in [0, 0.05) is 24.1 Å². The number of hydrogen-bond donors (Lipinski definition) is 0. The summed E-state index contributed by atoms with van der Waals surface area (Å²) in [5.41, 5.74) is 2.51. The number of nitrogens with zero attached hydrogens (tertiary/aromatic N) is 2. The highest BCUT2D eigenvalue weighted by Crippen LogP contribution is 2.56. The van der Waals surface area contributed by atoms with E-state index >= 15 is 0 Å². The lowest BCUT2D eigenvalue weighted by Gasteiger charge is -2.55. The molecule has 32 heavy (non-hydrogen) atoms. The van der Waals surface area contributed by atoms with Crippen LogP contribution in [0.15, 0.2) is 46.6 Å². The standard InChI is InChI=1S/C25H31BrN2O4/c1-6-28-12-20(26)22(27-28)24(29)32-14-25-13-31-23(18-7-9-19(30-5)10-8-18)21(17(25)4)15(2)11-16(25)3/h7-12,16-17,21,23H,6,13-14H2,1-5H3/t16-,17+,21-,23-,25+/m0/s1. The van der Waals surface area contributed by atoms with E-state index in [2.05, 4.69) is 60.0 Å². The third kappa shape index (κ3) is 3.90. The van der Waals surface area contributed by atoms with Crippen LogP contribution in [0.3, 0.4) is 0 Å². The second-order valence-corrected chi connectivity index (χ2v) is 9.86. The fourth-order valence-corrected chi connectivity index (χ4v) is 5.80.